The normalized spacial score (nSPS) is 23.2. The average Bonchev–Trinajstić information content (AvgIpc) is 1.92. The molecule has 0 atom stereocenters. The van der Waals surface area contributed by atoms with Crippen molar-refractivity contribution >= 4 is 14.1 Å². The third kappa shape index (κ3) is 3.61. The molecule has 0 saturated heterocycles. The van der Waals surface area contributed by atoms with Crippen LogP contribution >= 0.6 is 0 Å². The minimum Gasteiger partial charge on any atom is -0.412 e. The van der Waals surface area contributed by atoms with Gasteiger partial charge in [-0.15, -0.1) is 0 Å². The lowest BCUT2D eigenvalue weighted by Gasteiger charge is -2.38. The molecule has 0 bridgehead atoms. The molecule has 0 heterocycles. The molecule has 0 aromatic carbocycles. The molecule has 0 spiro atoms. The van der Waals surface area contributed by atoms with Gasteiger partial charge in [0.1, 0.15) is 5.78 Å². The molecule has 0 aliphatic heterocycles. The Hall–Kier alpha value is -0.153. The second-order valence-corrected chi connectivity index (χ2v) is 9.63. The summed E-state index contributed by atoms with van der Waals surface area (Å²) in [5.41, 5.74) is -0.0155. The van der Waals surface area contributed by atoms with Crippen LogP contribution in [0, 0.1) is 0 Å². The van der Waals surface area contributed by atoms with E-state index in [2.05, 4.69) is 26.6 Å². The number of carbonyl (C=O) groups excluding carboxylic acids is 1. The van der Waals surface area contributed by atoms with Crippen LogP contribution in [0.1, 0.15) is 32.6 Å². The van der Waals surface area contributed by atoms with Crippen molar-refractivity contribution in [1.82, 2.24) is 0 Å². The highest BCUT2D eigenvalue weighted by molar-refractivity contribution is 6.69. The molecule has 0 aromatic heterocycles. The van der Waals surface area contributed by atoms with Crippen molar-refractivity contribution < 1.29 is 9.22 Å². The number of carbonyl (C=O) groups is 1. The first kappa shape index (κ1) is 10.9. The Bertz CT molecular complexity index is 195. The van der Waals surface area contributed by atoms with Crippen LogP contribution < -0.4 is 0 Å². The Morgan fingerprint density at radius 2 is 1.69 bits per heavy atom. The number of ketones is 1. The van der Waals surface area contributed by atoms with E-state index in [9.17, 15) is 4.79 Å². The van der Waals surface area contributed by atoms with Crippen molar-refractivity contribution in [2.75, 3.05) is 0 Å². The van der Waals surface area contributed by atoms with E-state index in [1.54, 1.807) is 0 Å². The van der Waals surface area contributed by atoms with Gasteiger partial charge in [0, 0.05) is 12.8 Å². The Morgan fingerprint density at radius 3 is 2.08 bits per heavy atom. The summed E-state index contributed by atoms with van der Waals surface area (Å²) in [7, 11) is -1.45. The van der Waals surface area contributed by atoms with E-state index in [0.717, 1.165) is 12.8 Å². The molecule has 1 saturated carbocycles. The summed E-state index contributed by atoms with van der Waals surface area (Å²) in [5, 5.41) is 0. The van der Waals surface area contributed by atoms with E-state index in [-0.39, 0.29) is 5.60 Å². The van der Waals surface area contributed by atoms with Crippen molar-refractivity contribution in [1.29, 1.82) is 0 Å². The first-order chi connectivity index (χ1) is 5.81. The van der Waals surface area contributed by atoms with Crippen molar-refractivity contribution in [3.05, 3.63) is 0 Å². The lowest BCUT2D eigenvalue weighted by Crippen LogP contribution is -2.43. The Balaban J connectivity index is 2.52. The molecule has 3 heteroatoms. The second-order valence-electron chi connectivity index (χ2n) is 5.20. The van der Waals surface area contributed by atoms with Gasteiger partial charge in [-0.3, -0.25) is 4.79 Å². The van der Waals surface area contributed by atoms with Gasteiger partial charge in [-0.25, -0.2) is 0 Å². The second kappa shape index (κ2) is 3.54. The predicted octanol–water partition coefficient (Wildman–Crippen LogP) is 2.74. The van der Waals surface area contributed by atoms with Crippen molar-refractivity contribution in [3.63, 3.8) is 0 Å². The average molecular weight is 200 g/mol. The first-order valence-electron chi connectivity index (χ1n) is 5.03. The maximum atomic E-state index is 11.1. The minimum atomic E-state index is -1.45. The van der Waals surface area contributed by atoms with Crippen LogP contribution in [0.4, 0.5) is 0 Å². The summed E-state index contributed by atoms with van der Waals surface area (Å²) in [4.78, 5) is 11.1. The monoisotopic (exact) mass is 200 g/mol. The van der Waals surface area contributed by atoms with E-state index in [4.69, 9.17) is 4.43 Å². The number of Topliss-reactive ketones (excluding diaryl/α,β-unsaturated/α-hetero) is 1. The van der Waals surface area contributed by atoms with Gasteiger partial charge in [-0.2, -0.15) is 0 Å². The van der Waals surface area contributed by atoms with Crippen LogP contribution in [0.5, 0.6) is 0 Å². The number of hydrogen-bond acceptors (Lipinski definition) is 2. The van der Waals surface area contributed by atoms with Gasteiger partial charge < -0.3 is 4.43 Å². The van der Waals surface area contributed by atoms with Gasteiger partial charge >= 0.3 is 0 Å². The maximum absolute atomic E-state index is 11.1. The summed E-state index contributed by atoms with van der Waals surface area (Å²) < 4.78 is 6.10. The molecule has 13 heavy (non-hydrogen) atoms. The highest BCUT2D eigenvalue weighted by Crippen LogP contribution is 2.32. The van der Waals surface area contributed by atoms with Gasteiger partial charge in [0.25, 0.3) is 0 Å². The number of hydrogen-bond donors (Lipinski definition) is 0. The SMILES string of the molecule is CC1(O[Si](C)(C)C)CCC(=O)CC1. The molecular formula is C10H20O2Si. The molecule has 0 aromatic rings. The van der Waals surface area contributed by atoms with Crippen molar-refractivity contribution in [2.24, 2.45) is 0 Å². The molecule has 1 aliphatic rings. The zero-order valence-corrected chi connectivity index (χ0v) is 10.1. The quantitative estimate of drug-likeness (QED) is 0.641. The van der Waals surface area contributed by atoms with Crippen LogP contribution in [0.25, 0.3) is 0 Å². The van der Waals surface area contributed by atoms with Crippen LogP contribution in [0.15, 0.2) is 0 Å². The summed E-state index contributed by atoms with van der Waals surface area (Å²) in [5.74, 6) is 0.400. The van der Waals surface area contributed by atoms with E-state index in [1.807, 2.05) is 0 Å². The summed E-state index contributed by atoms with van der Waals surface area (Å²) in [6.07, 6.45) is 3.24. The number of rotatable bonds is 2. The van der Waals surface area contributed by atoms with E-state index in [1.165, 1.54) is 0 Å². The van der Waals surface area contributed by atoms with E-state index < -0.39 is 8.32 Å². The summed E-state index contributed by atoms with van der Waals surface area (Å²) in [6.45, 7) is 8.76. The fraction of sp³-hybridized carbons (Fsp3) is 0.900. The first-order valence-corrected chi connectivity index (χ1v) is 8.43. The van der Waals surface area contributed by atoms with Gasteiger partial charge in [-0.1, -0.05) is 0 Å². The smallest absolute Gasteiger partial charge is 0.184 e. The van der Waals surface area contributed by atoms with Gasteiger partial charge in [-0.05, 0) is 39.4 Å². The Labute approximate surface area is 81.8 Å². The van der Waals surface area contributed by atoms with Gasteiger partial charge in [0.2, 0.25) is 0 Å². The van der Waals surface area contributed by atoms with Gasteiger partial charge in [0.15, 0.2) is 8.32 Å². The molecule has 0 amide bonds. The highest BCUT2D eigenvalue weighted by atomic mass is 28.4. The van der Waals surface area contributed by atoms with Crippen LogP contribution in [0.3, 0.4) is 0 Å². The lowest BCUT2D eigenvalue weighted by molar-refractivity contribution is -0.124. The molecule has 76 valence electrons. The fourth-order valence-electron chi connectivity index (χ4n) is 1.90. The highest BCUT2D eigenvalue weighted by Gasteiger charge is 2.34. The third-order valence-corrected chi connectivity index (χ3v) is 3.52. The molecule has 0 unspecified atom stereocenters. The molecule has 2 nitrogen and oxygen atoms in total. The molecule has 1 rings (SSSR count). The van der Waals surface area contributed by atoms with Crippen molar-refractivity contribution in [2.45, 2.75) is 57.8 Å². The molecule has 0 N–H and O–H groups in total. The minimum absolute atomic E-state index is 0.0155. The molecule has 0 radical (unpaired) electrons. The third-order valence-electron chi connectivity index (χ3n) is 2.42. The van der Waals surface area contributed by atoms with Gasteiger partial charge in [0.05, 0.1) is 5.60 Å². The van der Waals surface area contributed by atoms with Crippen LogP contribution in [-0.4, -0.2) is 19.7 Å². The zero-order chi connectivity index (χ0) is 10.1. The molecule has 1 aliphatic carbocycles. The predicted molar refractivity (Wildman–Crippen MR) is 56.3 cm³/mol. The molecular weight excluding hydrogens is 180 g/mol. The van der Waals surface area contributed by atoms with E-state index in [0.29, 0.717) is 18.6 Å². The van der Waals surface area contributed by atoms with Crippen LogP contribution in [-0.2, 0) is 9.22 Å². The lowest BCUT2D eigenvalue weighted by atomic mass is 9.86. The topological polar surface area (TPSA) is 26.3 Å². The molecule has 1 fully saturated rings. The summed E-state index contributed by atoms with van der Waals surface area (Å²) in [6, 6.07) is 0. The van der Waals surface area contributed by atoms with Crippen molar-refractivity contribution in [3.8, 4) is 0 Å². The maximum Gasteiger partial charge on any atom is 0.184 e. The largest absolute Gasteiger partial charge is 0.412 e. The Morgan fingerprint density at radius 1 is 1.23 bits per heavy atom. The fourth-order valence-corrected chi connectivity index (χ4v) is 3.58. The van der Waals surface area contributed by atoms with Crippen LogP contribution in [0.2, 0.25) is 19.6 Å². The zero-order valence-electron chi connectivity index (χ0n) is 9.14. The Kier molecular flexibility index (Phi) is 2.97. The summed E-state index contributed by atoms with van der Waals surface area (Å²) >= 11 is 0. The van der Waals surface area contributed by atoms with E-state index >= 15 is 0 Å². The standard InChI is InChI=1S/C10H20O2Si/c1-10(12-13(2,3)4)7-5-9(11)6-8-10/h5-8H2,1-4H3.